The first kappa shape index (κ1) is 20.0. The third-order valence-corrected chi connectivity index (χ3v) is 4.05. The summed E-state index contributed by atoms with van der Waals surface area (Å²) in [5.74, 6) is 0.197. The minimum Gasteiger partial charge on any atom is -0.383 e. The molecular formula is C20H22N6O3. The second kappa shape index (κ2) is 9.47. The van der Waals surface area contributed by atoms with Crippen LogP contribution < -0.4 is 15.8 Å². The lowest BCUT2D eigenvalue weighted by atomic mass is 10.2. The van der Waals surface area contributed by atoms with Gasteiger partial charge in [0.05, 0.1) is 22.9 Å². The summed E-state index contributed by atoms with van der Waals surface area (Å²) < 4.78 is 5.09. The zero-order chi connectivity index (χ0) is 20.6. The molecule has 0 bridgehead atoms. The number of nitro groups is 1. The van der Waals surface area contributed by atoms with Crippen LogP contribution in [0, 0.1) is 10.1 Å². The van der Waals surface area contributed by atoms with E-state index in [1.807, 2.05) is 67.6 Å². The predicted molar refractivity (Wildman–Crippen MR) is 112 cm³/mol. The predicted octanol–water partition coefficient (Wildman–Crippen LogP) is 4.00. The van der Waals surface area contributed by atoms with Gasteiger partial charge in [-0.1, -0.05) is 36.4 Å². The number of methoxy groups -OCH3 is 1. The number of hydrazine groups is 1. The van der Waals surface area contributed by atoms with Crippen LogP contribution in [0.5, 0.6) is 0 Å². The Balaban J connectivity index is 2.00. The molecule has 1 aromatic heterocycles. The number of nitrogens with zero attached hydrogens (tertiary/aromatic N) is 4. The molecule has 1 unspecified atom stereocenters. The lowest BCUT2D eigenvalue weighted by Gasteiger charge is -2.26. The number of anilines is 4. The summed E-state index contributed by atoms with van der Waals surface area (Å²) in [5.41, 5.74) is 4.43. The highest BCUT2D eigenvalue weighted by atomic mass is 16.6. The van der Waals surface area contributed by atoms with Gasteiger partial charge >= 0.3 is 5.69 Å². The van der Waals surface area contributed by atoms with Gasteiger partial charge in [-0.2, -0.15) is 0 Å². The number of nitrogens with one attached hydrogen (secondary N) is 2. The molecule has 3 aromatic rings. The summed E-state index contributed by atoms with van der Waals surface area (Å²) in [4.78, 5) is 19.5. The summed E-state index contributed by atoms with van der Waals surface area (Å²) in [6, 6.07) is 18.8. The minimum atomic E-state index is -0.502. The van der Waals surface area contributed by atoms with Crippen molar-refractivity contribution in [1.29, 1.82) is 0 Å². The average Bonchev–Trinajstić information content (AvgIpc) is 2.73. The van der Waals surface area contributed by atoms with Gasteiger partial charge in [0.2, 0.25) is 11.6 Å². The number of hydrogen-bond acceptors (Lipinski definition) is 8. The Bertz CT molecular complexity index is 900. The highest BCUT2D eigenvalue weighted by molar-refractivity contribution is 5.74. The molecule has 0 amide bonds. The van der Waals surface area contributed by atoms with Crippen LogP contribution in [0.25, 0.3) is 0 Å². The van der Waals surface area contributed by atoms with Gasteiger partial charge in [0.25, 0.3) is 0 Å². The molecule has 1 heterocycles. The molecule has 2 aromatic carbocycles. The van der Waals surface area contributed by atoms with E-state index in [1.165, 1.54) is 6.33 Å². The fourth-order valence-corrected chi connectivity index (χ4v) is 2.80. The highest BCUT2D eigenvalue weighted by Gasteiger charge is 2.26. The second-order valence-electron chi connectivity index (χ2n) is 6.30. The van der Waals surface area contributed by atoms with Crippen molar-refractivity contribution in [2.75, 3.05) is 29.5 Å². The number of aromatic nitrogens is 2. The summed E-state index contributed by atoms with van der Waals surface area (Å²) in [6.45, 7) is 2.23. The number of ether oxygens (including phenoxy) is 1. The molecule has 2 N–H and O–H groups in total. The van der Waals surface area contributed by atoms with Crippen LogP contribution >= 0.6 is 0 Å². The van der Waals surface area contributed by atoms with Crippen molar-refractivity contribution in [2.45, 2.75) is 13.0 Å². The standard InChI is InChI=1S/C20H22N6O3/c1-15(13-29-2)23-19-18(26(27)28)20(22-14-21-19)24-25(16-9-5-3-6-10-16)17-11-7-4-8-12-17/h3-12,14-15H,13H2,1-2H3,(H2,21,22,23,24). The van der Waals surface area contributed by atoms with Crippen molar-refractivity contribution in [1.82, 2.24) is 9.97 Å². The third-order valence-electron chi connectivity index (χ3n) is 4.05. The van der Waals surface area contributed by atoms with E-state index in [0.717, 1.165) is 11.4 Å². The van der Waals surface area contributed by atoms with Crippen LogP contribution in [0.15, 0.2) is 67.0 Å². The van der Waals surface area contributed by atoms with Crippen molar-refractivity contribution in [3.63, 3.8) is 0 Å². The Hall–Kier alpha value is -3.72. The topological polar surface area (TPSA) is 105 Å². The highest BCUT2D eigenvalue weighted by Crippen LogP contribution is 2.33. The zero-order valence-corrected chi connectivity index (χ0v) is 16.1. The Morgan fingerprint density at radius 2 is 1.59 bits per heavy atom. The molecule has 150 valence electrons. The molecule has 29 heavy (non-hydrogen) atoms. The Morgan fingerprint density at radius 3 is 2.10 bits per heavy atom. The van der Waals surface area contributed by atoms with E-state index in [9.17, 15) is 10.1 Å². The monoisotopic (exact) mass is 394 g/mol. The van der Waals surface area contributed by atoms with Crippen molar-refractivity contribution in [2.24, 2.45) is 0 Å². The summed E-state index contributed by atoms with van der Waals surface area (Å²) in [7, 11) is 1.57. The van der Waals surface area contributed by atoms with E-state index in [-0.39, 0.29) is 23.4 Å². The minimum absolute atomic E-state index is 0.0739. The lowest BCUT2D eigenvalue weighted by molar-refractivity contribution is -0.383. The van der Waals surface area contributed by atoms with Crippen LogP contribution in [-0.4, -0.2) is 34.6 Å². The first-order valence-electron chi connectivity index (χ1n) is 9.02. The van der Waals surface area contributed by atoms with Crippen LogP contribution in [-0.2, 0) is 4.74 Å². The average molecular weight is 394 g/mol. The summed E-state index contributed by atoms with van der Waals surface area (Å²) in [5, 5.41) is 16.6. The van der Waals surface area contributed by atoms with Crippen molar-refractivity contribution >= 4 is 28.7 Å². The molecule has 0 saturated carbocycles. The Labute approximate surface area is 168 Å². The maximum atomic E-state index is 11.8. The van der Waals surface area contributed by atoms with Gasteiger partial charge in [-0.05, 0) is 31.2 Å². The Morgan fingerprint density at radius 1 is 1.03 bits per heavy atom. The molecule has 3 rings (SSSR count). The zero-order valence-electron chi connectivity index (χ0n) is 16.1. The quantitative estimate of drug-likeness (QED) is 0.414. The van der Waals surface area contributed by atoms with Crippen LogP contribution in [0.3, 0.4) is 0 Å². The molecule has 0 aliphatic rings. The van der Waals surface area contributed by atoms with E-state index in [0.29, 0.717) is 6.61 Å². The van der Waals surface area contributed by atoms with Crippen LogP contribution in [0.1, 0.15) is 6.92 Å². The number of para-hydroxylation sites is 2. The third kappa shape index (κ3) is 4.96. The summed E-state index contributed by atoms with van der Waals surface area (Å²) in [6.07, 6.45) is 1.28. The molecule has 9 nitrogen and oxygen atoms in total. The molecule has 9 heteroatoms. The van der Waals surface area contributed by atoms with E-state index < -0.39 is 4.92 Å². The SMILES string of the molecule is COCC(C)Nc1ncnc(NN(c2ccccc2)c2ccccc2)c1[N+](=O)[O-]. The molecule has 0 aliphatic carbocycles. The molecule has 0 radical (unpaired) electrons. The molecule has 0 aliphatic heterocycles. The van der Waals surface area contributed by atoms with E-state index in [4.69, 9.17) is 4.74 Å². The Kier molecular flexibility index (Phi) is 6.54. The van der Waals surface area contributed by atoms with Gasteiger partial charge in [-0.3, -0.25) is 20.5 Å². The van der Waals surface area contributed by atoms with Crippen molar-refractivity contribution in [3.8, 4) is 0 Å². The number of hydrogen-bond donors (Lipinski definition) is 2. The number of rotatable bonds is 9. The first-order chi connectivity index (χ1) is 14.1. The summed E-state index contributed by atoms with van der Waals surface area (Å²) >= 11 is 0. The smallest absolute Gasteiger partial charge is 0.354 e. The lowest BCUT2D eigenvalue weighted by Crippen LogP contribution is -2.27. The van der Waals surface area contributed by atoms with Gasteiger partial charge in [-0.15, -0.1) is 0 Å². The number of benzene rings is 2. The second-order valence-corrected chi connectivity index (χ2v) is 6.30. The fourth-order valence-electron chi connectivity index (χ4n) is 2.80. The van der Waals surface area contributed by atoms with Crippen LogP contribution in [0.2, 0.25) is 0 Å². The van der Waals surface area contributed by atoms with E-state index >= 15 is 0 Å². The largest absolute Gasteiger partial charge is 0.383 e. The van der Waals surface area contributed by atoms with Gasteiger partial charge in [-0.25, -0.2) is 9.97 Å². The molecule has 0 spiro atoms. The van der Waals surface area contributed by atoms with Crippen molar-refractivity contribution in [3.05, 3.63) is 77.1 Å². The fraction of sp³-hybridized carbons (Fsp3) is 0.200. The van der Waals surface area contributed by atoms with Gasteiger partial charge < -0.3 is 10.1 Å². The van der Waals surface area contributed by atoms with Gasteiger partial charge in [0, 0.05) is 13.2 Å². The molecular weight excluding hydrogens is 372 g/mol. The van der Waals surface area contributed by atoms with E-state index in [2.05, 4.69) is 20.7 Å². The van der Waals surface area contributed by atoms with Gasteiger partial charge in [0.15, 0.2) is 0 Å². The van der Waals surface area contributed by atoms with Gasteiger partial charge in [0.1, 0.15) is 6.33 Å². The maximum Gasteiger partial charge on any atom is 0.354 e. The molecule has 1 atom stereocenters. The molecule has 0 fully saturated rings. The normalized spacial score (nSPS) is 11.5. The van der Waals surface area contributed by atoms with E-state index in [1.54, 1.807) is 12.1 Å². The maximum absolute atomic E-state index is 11.8. The van der Waals surface area contributed by atoms with Crippen LogP contribution in [0.4, 0.5) is 28.7 Å². The molecule has 0 saturated heterocycles. The first-order valence-corrected chi connectivity index (χ1v) is 9.02. The van der Waals surface area contributed by atoms with Crippen molar-refractivity contribution < 1.29 is 9.66 Å².